The van der Waals surface area contributed by atoms with E-state index in [1.165, 1.54) is 17.0 Å². The van der Waals surface area contributed by atoms with Gasteiger partial charge in [-0.05, 0) is 42.8 Å². The van der Waals surface area contributed by atoms with Crippen LogP contribution in [0.5, 0.6) is 0 Å². The molecule has 2 heterocycles. The third kappa shape index (κ3) is 4.88. The monoisotopic (exact) mass is 463 g/mol. The normalized spacial score (nSPS) is 17.9. The van der Waals surface area contributed by atoms with Crippen molar-refractivity contribution < 1.29 is 30.8 Å². The van der Waals surface area contributed by atoms with Gasteiger partial charge >= 0.3 is 6.18 Å². The summed E-state index contributed by atoms with van der Waals surface area (Å²) in [6.07, 6.45) is -4.15. The highest BCUT2D eigenvalue weighted by atomic mass is 32.2. The molecule has 0 radical (unpaired) electrons. The van der Waals surface area contributed by atoms with Crippen LogP contribution in [0.2, 0.25) is 0 Å². The van der Waals surface area contributed by atoms with Gasteiger partial charge in [0.25, 0.3) is 5.91 Å². The number of furan rings is 1. The predicted molar refractivity (Wildman–Crippen MR) is 113 cm³/mol. The molecule has 4 rings (SSSR count). The summed E-state index contributed by atoms with van der Waals surface area (Å²) in [6.45, 7) is 0.00682. The molecule has 1 aliphatic rings. The summed E-state index contributed by atoms with van der Waals surface area (Å²) in [6, 6.07) is 15.9. The van der Waals surface area contributed by atoms with E-state index >= 15 is 0 Å². The van der Waals surface area contributed by atoms with Gasteiger partial charge in [-0.3, -0.25) is 4.79 Å². The van der Waals surface area contributed by atoms with Crippen molar-refractivity contribution in [3.8, 4) is 11.3 Å². The maximum atomic E-state index is 13.1. The highest BCUT2D eigenvalue weighted by Crippen LogP contribution is 2.33. The van der Waals surface area contributed by atoms with Gasteiger partial charge in [-0.2, -0.15) is 13.2 Å². The van der Waals surface area contributed by atoms with Crippen molar-refractivity contribution in [2.45, 2.75) is 25.2 Å². The van der Waals surface area contributed by atoms with Crippen LogP contribution in [0.4, 0.5) is 13.2 Å². The number of carbonyl (C=O) groups excluding carboxylic acids is 1. The number of amides is 1. The number of nitrogens with zero attached hydrogens (tertiary/aromatic N) is 1. The summed E-state index contributed by atoms with van der Waals surface area (Å²) in [5.74, 6) is 0.129. The lowest BCUT2D eigenvalue weighted by atomic mass is 10.1. The van der Waals surface area contributed by atoms with E-state index in [1.807, 2.05) is 0 Å². The van der Waals surface area contributed by atoms with Crippen molar-refractivity contribution in [2.75, 3.05) is 11.5 Å². The minimum absolute atomic E-state index is 0.00384. The van der Waals surface area contributed by atoms with Gasteiger partial charge in [0.1, 0.15) is 11.5 Å². The van der Waals surface area contributed by atoms with Gasteiger partial charge in [-0.25, -0.2) is 8.42 Å². The Balaban J connectivity index is 1.61. The second-order valence-electron chi connectivity index (χ2n) is 7.70. The van der Waals surface area contributed by atoms with Crippen LogP contribution in [0.25, 0.3) is 11.3 Å². The highest BCUT2D eigenvalue weighted by molar-refractivity contribution is 7.91. The first-order valence-corrected chi connectivity index (χ1v) is 11.8. The molecule has 3 aromatic rings. The van der Waals surface area contributed by atoms with Gasteiger partial charge in [0.15, 0.2) is 9.84 Å². The molecule has 0 N–H and O–H groups in total. The van der Waals surface area contributed by atoms with Crippen molar-refractivity contribution in [1.29, 1.82) is 0 Å². The van der Waals surface area contributed by atoms with E-state index in [2.05, 4.69) is 0 Å². The smallest absolute Gasteiger partial charge is 0.416 e. The Morgan fingerprint density at radius 3 is 2.44 bits per heavy atom. The molecular weight excluding hydrogens is 443 g/mol. The van der Waals surface area contributed by atoms with E-state index in [-0.39, 0.29) is 35.3 Å². The first kappa shape index (κ1) is 22.1. The molecule has 1 amide bonds. The molecule has 0 spiro atoms. The molecule has 0 unspecified atom stereocenters. The van der Waals surface area contributed by atoms with Gasteiger partial charge < -0.3 is 9.32 Å². The average Bonchev–Trinajstić information content (AvgIpc) is 3.38. The largest absolute Gasteiger partial charge is 0.459 e. The van der Waals surface area contributed by atoms with Crippen LogP contribution in [0.1, 0.15) is 28.1 Å². The first-order valence-electron chi connectivity index (χ1n) is 9.95. The Hall–Kier alpha value is -3.07. The van der Waals surface area contributed by atoms with Crippen LogP contribution in [0.3, 0.4) is 0 Å². The average molecular weight is 463 g/mol. The molecule has 1 saturated heterocycles. The number of carbonyl (C=O) groups is 1. The Labute approximate surface area is 183 Å². The van der Waals surface area contributed by atoms with Crippen molar-refractivity contribution in [3.05, 3.63) is 83.6 Å². The number of rotatable bonds is 5. The molecule has 9 heteroatoms. The number of benzene rings is 2. The zero-order valence-electron chi connectivity index (χ0n) is 16.9. The van der Waals surface area contributed by atoms with Gasteiger partial charge in [0, 0.05) is 17.2 Å². The topological polar surface area (TPSA) is 67.6 Å². The SMILES string of the molecule is O=C(c1ccccc1)N(Cc1ccc(-c2cccc(C(F)(F)F)c2)o1)[C@@H]1CCS(=O)(=O)C1. The van der Waals surface area contributed by atoms with Crippen molar-refractivity contribution in [2.24, 2.45) is 0 Å². The van der Waals surface area contributed by atoms with E-state index in [9.17, 15) is 26.4 Å². The van der Waals surface area contributed by atoms with Gasteiger partial charge in [0.05, 0.1) is 23.6 Å². The minimum Gasteiger partial charge on any atom is -0.459 e. The second-order valence-corrected chi connectivity index (χ2v) is 9.93. The van der Waals surface area contributed by atoms with Gasteiger partial charge in [0.2, 0.25) is 0 Å². The lowest BCUT2D eigenvalue weighted by Gasteiger charge is -2.27. The van der Waals surface area contributed by atoms with Crippen LogP contribution in [-0.2, 0) is 22.6 Å². The van der Waals surface area contributed by atoms with E-state index in [0.717, 1.165) is 12.1 Å². The number of alkyl halides is 3. The van der Waals surface area contributed by atoms with Crippen molar-refractivity contribution in [1.82, 2.24) is 4.90 Å². The molecule has 1 aromatic heterocycles. The molecule has 168 valence electrons. The molecular formula is C23H20F3NO4S. The number of hydrogen-bond acceptors (Lipinski definition) is 4. The summed E-state index contributed by atoms with van der Waals surface area (Å²) < 4.78 is 68.8. The fraction of sp³-hybridized carbons (Fsp3) is 0.261. The van der Waals surface area contributed by atoms with Crippen LogP contribution in [-0.4, -0.2) is 36.8 Å². The molecule has 0 aliphatic carbocycles. The maximum Gasteiger partial charge on any atom is 0.416 e. The summed E-state index contributed by atoms with van der Waals surface area (Å²) in [5, 5.41) is 0. The second kappa shape index (κ2) is 8.46. The number of hydrogen-bond donors (Lipinski definition) is 0. The quantitative estimate of drug-likeness (QED) is 0.546. The fourth-order valence-electron chi connectivity index (χ4n) is 3.77. The van der Waals surface area contributed by atoms with Crippen LogP contribution < -0.4 is 0 Å². The fourth-order valence-corrected chi connectivity index (χ4v) is 5.50. The predicted octanol–water partition coefficient (Wildman–Crippen LogP) is 4.79. The van der Waals surface area contributed by atoms with Crippen LogP contribution >= 0.6 is 0 Å². The number of halogens is 3. The lowest BCUT2D eigenvalue weighted by Crippen LogP contribution is -2.40. The van der Waals surface area contributed by atoms with E-state index in [0.29, 0.717) is 17.7 Å². The highest BCUT2D eigenvalue weighted by Gasteiger charge is 2.35. The summed E-state index contributed by atoms with van der Waals surface area (Å²) in [5.41, 5.74) is -0.109. The van der Waals surface area contributed by atoms with E-state index in [1.54, 1.807) is 42.5 Å². The Bertz CT molecular complexity index is 1220. The Morgan fingerprint density at radius 2 is 1.78 bits per heavy atom. The van der Waals surface area contributed by atoms with Crippen molar-refractivity contribution >= 4 is 15.7 Å². The molecule has 5 nitrogen and oxygen atoms in total. The third-order valence-corrected chi connectivity index (χ3v) is 7.14. The Kier molecular flexibility index (Phi) is 5.85. The molecule has 1 aliphatic heterocycles. The number of sulfone groups is 1. The Morgan fingerprint density at radius 1 is 1.03 bits per heavy atom. The summed E-state index contributed by atoms with van der Waals surface area (Å²) in [7, 11) is -3.24. The lowest BCUT2D eigenvalue weighted by molar-refractivity contribution is -0.137. The van der Waals surface area contributed by atoms with Crippen LogP contribution in [0, 0.1) is 0 Å². The minimum atomic E-state index is -4.47. The standard InChI is InChI=1S/C23H20F3NO4S/c24-23(25,26)18-8-4-7-17(13-18)21-10-9-20(31-21)14-27(19-11-12-32(29,30)15-19)22(28)16-5-2-1-3-6-16/h1-10,13,19H,11-12,14-15H2/t19-/m1/s1. The first-order chi connectivity index (χ1) is 15.1. The molecule has 1 atom stereocenters. The zero-order valence-corrected chi connectivity index (χ0v) is 17.7. The molecule has 2 aromatic carbocycles. The molecule has 0 bridgehead atoms. The van der Waals surface area contributed by atoms with E-state index in [4.69, 9.17) is 4.42 Å². The van der Waals surface area contributed by atoms with Gasteiger partial charge in [-0.15, -0.1) is 0 Å². The zero-order chi connectivity index (χ0) is 22.9. The third-order valence-electron chi connectivity index (χ3n) is 5.39. The van der Waals surface area contributed by atoms with Crippen LogP contribution in [0.15, 0.2) is 71.1 Å². The summed E-state index contributed by atoms with van der Waals surface area (Å²) in [4.78, 5) is 14.6. The van der Waals surface area contributed by atoms with Crippen molar-refractivity contribution in [3.63, 3.8) is 0 Å². The molecule has 32 heavy (non-hydrogen) atoms. The summed E-state index contributed by atoms with van der Waals surface area (Å²) >= 11 is 0. The van der Waals surface area contributed by atoms with E-state index < -0.39 is 27.6 Å². The molecule has 0 saturated carbocycles. The maximum absolute atomic E-state index is 13.1. The van der Waals surface area contributed by atoms with Gasteiger partial charge in [-0.1, -0.05) is 30.3 Å². The molecule has 1 fully saturated rings.